The summed E-state index contributed by atoms with van der Waals surface area (Å²) >= 11 is 0. The van der Waals surface area contributed by atoms with E-state index in [2.05, 4.69) is 197 Å². The van der Waals surface area contributed by atoms with Gasteiger partial charge in [0, 0.05) is 41.1 Å². The molecule has 10 rings (SSSR count). The van der Waals surface area contributed by atoms with E-state index in [1.165, 1.54) is 44.5 Å². The zero-order valence-electron chi connectivity index (χ0n) is 32.1. The second-order valence-corrected chi connectivity index (χ2v) is 16.1. The van der Waals surface area contributed by atoms with Crippen LogP contribution >= 0.6 is 0 Å². The van der Waals surface area contributed by atoms with Gasteiger partial charge >= 0.3 is 0 Å². The highest BCUT2D eigenvalue weighted by atomic mass is 16.5. The first kappa shape index (κ1) is 34.1. The highest BCUT2D eigenvalue weighted by Gasteiger charge is 2.60. The van der Waals surface area contributed by atoms with Crippen molar-refractivity contribution in [1.82, 2.24) is 4.90 Å². The molecule has 6 unspecified atom stereocenters. The third-order valence-corrected chi connectivity index (χ3v) is 12.9. The Kier molecular flexibility index (Phi) is 7.80. The molecule has 4 heteroatoms. The molecular formula is C52H43N3O. The molecule has 3 aliphatic carbocycles. The molecule has 0 aromatic heterocycles. The average molecular weight is 726 g/mol. The molecule has 56 heavy (non-hydrogen) atoms. The number of likely N-dealkylation sites (N-methyl/N-ethyl adjacent to an activating group) is 1. The van der Waals surface area contributed by atoms with Crippen LogP contribution in [0.1, 0.15) is 71.7 Å². The minimum atomic E-state index is -0.582. The predicted molar refractivity (Wildman–Crippen MR) is 226 cm³/mol. The Morgan fingerprint density at radius 1 is 0.750 bits per heavy atom. The smallest absolute Gasteiger partial charge is 0.137 e. The summed E-state index contributed by atoms with van der Waals surface area (Å²) in [6, 6.07) is 46.5. The molecule has 0 bridgehead atoms. The van der Waals surface area contributed by atoms with E-state index >= 15 is 0 Å². The lowest BCUT2D eigenvalue weighted by molar-refractivity contribution is 0.0471. The van der Waals surface area contributed by atoms with Gasteiger partial charge in [-0.3, -0.25) is 0 Å². The van der Waals surface area contributed by atoms with Crippen molar-refractivity contribution in [2.45, 2.75) is 43.7 Å². The van der Waals surface area contributed by atoms with Crippen molar-refractivity contribution in [3.63, 3.8) is 0 Å². The summed E-state index contributed by atoms with van der Waals surface area (Å²) < 4.78 is 7.02. The standard InChI is InChI=1S/C52H43N3O/c1-33-29-35(32-53)22-25-40(33)38-23-26-41-42-27-24-39(49-34(2)48(36-15-7-5-8-16-36)54-50(55(49)4)37-17-9-6-10-18-37)31-45(42)52(44(41)30-38)43-19-11-12-20-46(43)56-51(3)28-14-13-21-47(51)52/h5-31,33,40,47,49H,1-4H3. The van der Waals surface area contributed by atoms with Crippen LogP contribution in [-0.2, 0) is 5.41 Å². The Balaban J connectivity index is 1.22. The minimum absolute atomic E-state index is 0.0214. The Morgan fingerprint density at radius 2 is 1.41 bits per heavy atom. The summed E-state index contributed by atoms with van der Waals surface area (Å²) in [6.45, 7) is 6.72. The van der Waals surface area contributed by atoms with Crippen LogP contribution in [0.4, 0.5) is 0 Å². The number of nitriles is 1. The van der Waals surface area contributed by atoms with E-state index in [-0.39, 0.29) is 23.8 Å². The SMILES string of the molecule is CC1=C(c2ccccc2)N=C(c2ccccc2)N(C)C1c1ccc2c(c1)C1(c3ccccc3OC3(C)C=CC=CC31)c1cc(C3C=CC(C#N)=CC3C)ccc1-2. The van der Waals surface area contributed by atoms with Gasteiger partial charge in [-0.1, -0.05) is 153 Å². The van der Waals surface area contributed by atoms with E-state index in [1.54, 1.807) is 0 Å². The van der Waals surface area contributed by atoms with Crippen molar-refractivity contribution in [3.8, 4) is 22.9 Å². The molecule has 5 aromatic carbocycles. The van der Waals surface area contributed by atoms with Crippen LogP contribution in [0.2, 0.25) is 0 Å². The highest BCUT2D eigenvalue weighted by molar-refractivity contribution is 6.04. The number of allylic oxidation sites excluding steroid dienone is 6. The molecule has 2 heterocycles. The number of fused-ring (bicyclic) bond motifs is 9. The maximum Gasteiger partial charge on any atom is 0.137 e. The molecular weight excluding hydrogens is 683 g/mol. The van der Waals surface area contributed by atoms with Gasteiger partial charge in [-0.05, 0) is 76.9 Å². The average Bonchev–Trinajstić information content (AvgIpc) is 3.50. The van der Waals surface area contributed by atoms with Gasteiger partial charge in [-0.25, -0.2) is 4.99 Å². The van der Waals surface area contributed by atoms with Crippen LogP contribution in [0.15, 0.2) is 180 Å². The molecule has 6 atom stereocenters. The molecule has 272 valence electrons. The fraction of sp³-hybridized carbons (Fsp3) is 0.192. The van der Waals surface area contributed by atoms with Crippen molar-refractivity contribution in [1.29, 1.82) is 5.26 Å². The van der Waals surface area contributed by atoms with Crippen molar-refractivity contribution < 1.29 is 4.74 Å². The van der Waals surface area contributed by atoms with E-state index in [9.17, 15) is 5.26 Å². The summed E-state index contributed by atoms with van der Waals surface area (Å²) in [5, 5.41) is 9.67. The number of benzene rings is 5. The monoisotopic (exact) mass is 725 g/mol. The second-order valence-electron chi connectivity index (χ2n) is 16.1. The van der Waals surface area contributed by atoms with E-state index in [0.29, 0.717) is 0 Å². The van der Waals surface area contributed by atoms with Gasteiger partial charge in [0.1, 0.15) is 17.2 Å². The number of hydrogen-bond acceptors (Lipinski definition) is 4. The molecule has 1 spiro atoms. The topological polar surface area (TPSA) is 48.6 Å². The summed E-state index contributed by atoms with van der Waals surface area (Å²) in [4.78, 5) is 7.73. The van der Waals surface area contributed by atoms with Crippen molar-refractivity contribution >= 4 is 11.5 Å². The van der Waals surface area contributed by atoms with Crippen molar-refractivity contribution in [2.75, 3.05) is 7.05 Å². The van der Waals surface area contributed by atoms with Crippen LogP contribution in [0, 0.1) is 23.2 Å². The Hall–Kier alpha value is -6.44. The second kappa shape index (κ2) is 12.8. The van der Waals surface area contributed by atoms with Crippen LogP contribution in [0.25, 0.3) is 16.8 Å². The van der Waals surface area contributed by atoms with Crippen molar-refractivity contribution in [3.05, 3.63) is 214 Å². The van der Waals surface area contributed by atoms with Gasteiger partial charge in [0.25, 0.3) is 0 Å². The minimum Gasteiger partial charge on any atom is -0.482 e. The number of hydrogen-bond donors (Lipinski definition) is 0. The summed E-state index contributed by atoms with van der Waals surface area (Å²) in [5.74, 6) is 2.21. The van der Waals surface area contributed by atoms with E-state index < -0.39 is 11.0 Å². The first-order chi connectivity index (χ1) is 27.3. The number of rotatable bonds is 4. The lowest BCUT2D eigenvalue weighted by Crippen LogP contribution is -2.54. The van der Waals surface area contributed by atoms with Gasteiger partial charge in [0.05, 0.1) is 23.2 Å². The summed E-state index contributed by atoms with van der Waals surface area (Å²) in [5.41, 5.74) is 12.9. The van der Waals surface area contributed by atoms with Crippen LogP contribution in [0.5, 0.6) is 5.75 Å². The van der Waals surface area contributed by atoms with Gasteiger partial charge in [-0.2, -0.15) is 5.26 Å². The fourth-order valence-corrected chi connectivity index (χ4v) is 10.4. The molecule has 0 N–H and O–H groups in total. The Morgan fingerprint density at radius 3 is 2.12 bits per heavy atom. The number of nitrogens with zero attached hydrogens (tertiary/aromatic N) is 3. The third kappa shape index (κ3) is 4.93. The maximum absolute atomic E-state index is 9.67. The lowest BCUT2D eigenvalue weighted by atomic mass is 9.56. The van der Waals surface area contributed by atoms with Crippen LogP contribution in [0.3, 0.4) is 0 Å². The molecule has 4 nitrogen and oxygen atoms in total. The predicted octanol–water partition coefficient (Wildman–Crippen LogP) is 11.5. The summed E-state index contributed by atoms with van der Waals surface area (Å²) in [6.07, 6.45) is 15.3. The third-order valence-electron chi connectivity index (χ3n) is 12.9. The van der Waals surface area contributed by atoms with Crippen LogP contribution < -0.4 is 4.74 Å². The van der Waals surface area contributed by atoms with Gasteiger partial charge in [0.2, 0.25) is 0 Å². The highest BCUT2D eigenvalue weighted by Crippen LogP contribution is 2.64. The first-order valence-corrected chi connectivity index (χ1v) is 19.7. The Labute approximate surface area is 329 Å². The molecule has 0 saturated carbocycles. The summed E-state index contributed by atoms with van der Waals surface area (Å²) in [7, 11) is 2.19. The lowest BCUT2D eigenvalue weighted by Gasteiger charge is -2.52. The largest absolute Gasteiger partial charge is 0.482 e. The number of para-hydroxylation sites is 1. The zero-order chi connectivity index (χ0) is 38.2. The fourth-order valence-electron chi connectivity index (χ4n) is 10.4. The molecule has 5 aliphatic rings. The Bertz CT molecular complexity index is 2660. The number of amidine groups is 1. The van der Waals surface area contributed by atoms with Crippen LogP contribution in [-0.4, -0.2) is 23.4 Å². The number of ether oxygens (including phenoxy) is 1. The molecule has 5 aromatic rings. The normalized spacial score (nSPS) is 26.7. The first-order valence-electron chi connectivity index (χ1n) is 19.7. The molecule has 0 saturated heterocycles. The number of aliphatic imine (C=N–C) groups is 1. The molecule has 0 amide bonds. The zero-order valence-corrected chi connectivity index (χ0v) is 32.1. The quantitative estimate of drug-likeness (QED) is 0.185. The molecule has 0 fully saturated rings. The molecule has 2 aliphatic heterocycles. The van der Waals surface area contributed by atoms with Gasteiger partial charge in [-0.15, -0.1) is 0 Å². The van der Waals surface area contributed by atoms with Gasteiger partial charge in [0.15, 0.2) is 0 Å². The van der Waals surface area contributed by atoms with Gasteiger partial charge < -0.3 is 9.64 Å². The van der Waals surface area contributed by atoms with E-state index in [0.717, 1.165) is 34.0 Å². The maximum atomic E-state index is 9.67. The molecule has 0 radical (unpaired) electrons. The van der Waals surface area contributed by atoms with Crippen molar-refractivity contribution in [2.24, 2.45) is 16.8 Å². The van der Waals surface area contributed by atoms with E-state index in [1.807, 2.05) is 6.08 Å². The van der Waals surface area contributed by atoms with E-state index in [4.69, 9.17) is 9.73 Å².